The van der Waals surface area contributed by atoms with Crippen LogP contribution in [0.4, 0.5) is 0 Å². The molecule has 2 heterocycles. The number of hydrogen-bond donors (Lipinski definition) is 2. The number of thiazole rings is 1. The van der Waals surface area contributed by atoms with Gasteiger partial charge in [-0.05, 0) is 44.4 Å². The van der Waals surface area contributed by atoms with E-state index in [1.807, 2.05) is 13.8 Å². The average Bonchev–Trinajstić information content (AvgIpc) is 3.14. The lowest BCUT2D eigenvalue weighted by molar-refractivity contribution is -0.0474. The van der Waals surface area contributed by atoms with Gasteiger partial charge in [0.25, 0.3) is 5.91 Å². The highest BCUT2D eigenvalue weighted by molar-refractivity contribution is 7.11. The average molecular weight is 337 g/mol. The predicted octanol–water partition coefficient (Wildman–Crippen LogP) is 2.80. The largest absolute Gasteiger partial charge is 0.381 e. The van der Waals surface area contributed by atoms with Gasteiger partial charge in [-0.25, -0.2) is 4.98 Å². The number of hydrogen-bond acceptors (Lipinski definition) is 5. The van der Waals surface area contributed by atoms with Crippen LogP contribution in [-0.2, 0) is 4.74 Å². The molecule has 1 aromatic heterocycles. The van der Waals surface area contributed by atoms with Gasteiger partial charge in [0.05, 0.1) is 12.6 Å². The van der Waals surface area contributed by atoms with Gasteiger partial charge in [-0.2, -0.15) is 0 Å². The van der Waals surface area contributed by atoms with E-state index in [-0.39, 0.29) is 11.9 Å². The number of amides is 1. The summed E-state index contributed by atoms with van der Waals surface area (Å²) in [7, 11) is 0. The number of nitrogens with zero attached hydrogens (tertiary/aromatic N) is 1. The highest BCUT2D eigenvalue weighted by Gasteiger charge is 2.43. The number of carbonyl (C=O) groups is 1. The smallest absolute Gasteiger partial charge is 0.271 e. The van der Waals surface area contributed by atoms with Gasteiger partial charge in [-0.1, -0.05) is 12.8 Å². The van der Waals surface area contributed by atoms with Crippen LogP contribution in [0, 0.1) is 18.3 Å². The second-order valence-corrected chi connectivity index (χ2v) is 8.30. The van der Waals surface area contributed by atoms with Crippen LogP contribution in [0.25, 0.3) is 0 Å². The summed E-state index contributed by atoms with van der Waals surface area (Å²) in [5.74, 6) is 0.458. The molecule has 2 atom stereocenters. The first kappa shape index (κ1) is 16.9. The third-order valence-corrected chi connectivity index (χ3v) is 6.56. The lowest BCUT2D eigenvalue weighted by Crippen LogP contribution is -2.44. The van der Waals surface area contributed by atoms with Crippen molar-refractivity contribution < 1.29 is 9.53 Å². The van der Waals surface area contributed by atoms with Crippen LogP contribution >= 0.6 is 11.3 Å². The molecular formula is C17H27N3O2S. The Morgan fingerprint density at radius 1 is 1.52 bits per heavy atom. The second kappa shape index (κ2) is 6.87. The van der Waals surface area contributed by atoms with Gasteiger partial charge in [-0.15, -0.1) is 11.3 Å². The number of nitrogens with one attached hydrogen (secondary N) is 1. The molecule has 3 N–H and O–H groups in total. The summed E-state index contributed by atoms with van der Waals surface area (Å²) in [4.78, 5) is 17.9. The molecule has 1 aliphatic heterocycles. The minimum atomic E-state index is -0.127. The Kier molecular flexibility index (Phi) is 5.04. The number of aryl methyl sites for hydroxylation is 1. The van der Waals surface area contributed by atoms with Crippen molar-refractivity contribution in [2.24, 2.45) is 17.1 Å². The quantitative estimate of drug-likeness (QED) is 0.886. The highest BCUT2D eigenvalue weighted by Crippen LogP contribution is 2.47. The maximum Gasteiger partial charge on any atom is 0.271 e. The van der Waals surface area contributed by atoms with Gasteiger partial charge in [0, 0.05) is 18.0 Å². The fraction of sp³-hybridized carbons (Fsp3) is 0.765. The molecule has 1 aliphatic carbocycles. The third kappa shape index (κ3) is 3.44. The van der Waals surface area contributed by atoms with E-state index in [0.29, 0.717) is 17.0 Å². The van der Waals surface area contributed by atoms with Crippen molar-refractivity contribution in [1.82, 2.24) is 10.3 Å². The molecular weight excluding hydrogens is 310 g/mol. The minimum Gasteiger partial charge on any atom is -0.381 e. The molecule has 0 radical (unpaired) electrons. The lowest BCUT2D eigenvalue weighted by atomic mass is 9.71. The van der Waals surface area contributed by atoms with E-state index in [1.165, 1.54) is 37.0 Å². The summed E-state index contributed by atoms with van der Waals surface area (Å²) in [5, 5.41) is 3.95. The van der Waals surface area contributed by atoms with Crippen LogP contribution in [0.15, 0.2) is 0 Å². The first-order valence-corrected chi connectivity index (χ1v) is 9.42. The summed E-state index contributed by atoms with van der Waals surface area (Å²) in [6, 6.07) is -0.127. The topological polar surface area (TPSA) is 77.2 Å². The molecule has 5 nitrogen and oxygen atoms in total. The second-order valence-electron chi connectivity index (χ2n) is 7.06. The van der Waals surface area contributed by atoms with Crippen molar-refractivity contribution in [2.45, 2.75) is 52.0 Å². The van der Waals surface area contributed by atoms with E-state index in [2.05, 4.69) is 10.3 Å². The third-order valence-electron chi connectivity index (χ3n) is 5.39. The molecule has 0 bridgehead atoms. The maximum absolute atomic E-state index is 12.5. The number of nitrogens with two attached hydrogens (primary N) is 1. The van der Waals surface area contributed by atoms with E-state index >= 15 is 0 Å². The molecule has 23 heavy (non-hydrogen) atoms. The number of rotatable bonds is 4. The van der Waals surface area contributed by atoms with Crippen LogP contribution in [0.1, 0.15) is 65.4 Å². The maximum atomic E-state index is 12.5. The summed E-state index contributed by atoms with van der Waals surface area (Å²) >= 11 is 1.51. The molecule has 2 fully saturated rings. The van der Waals surface area contributed by atoms with Crippen LogP contribution in [0.3, 0.4) is 0 Å². The standard InChI is InChI=1S/C17H27N3O2S/c1-11(18)16-20-14(12(2)23-16)15(21)19-9-13-5-8-22-10-17(13)6-3-4-7-17/h11,13H,3-10,18H2,1-2H3,(H,19,21). The first-order valence-electron chi connectivity index (χ1n) is 8.61. The Morgan fingerprint density at radius 2 is 2.26 bits per heavy atom. The zero-order valence-electron chi connectivity index (χ0n) is 14.1. The summed E-state index contributed by atoms with van der Waals surface area (Å²) in [5.41, 5.74) is 6.70. The molecule has 3 rings (SSSR count). The highest BCUT2D eigenvalue weighted by atomic mass is 32.1. The van der Waals surface area contributed by atoms with Crippen molar-refractivity contribution in [2.75, 3.05) is 19.8 Å². The molecule has 1 spiro atoms. The zero-order valence-corrected chi connectivity index (χ0v) is 14.9. The molecule has 2 unspecified atom stereocenters. The van der Waals surface area contributed by atoms with E-state index in [0.717, 1.165) is 36.1 Å². The van der Waals surface area contributed by atoms with Crippen molar-refractivity contribution in [1.29, 1.82) is 0 Å². The summed E-state index contributed by atoms with van der Waals surface area (Å²) in [6.07, 6.45) is 6.09. The van der Waals surface area contributed by atoms with Gasteiger partial charge in [0.2, 0.25) is 0 Å². The van der Waals surface area contributed by atoms with Crippen molar-refractivity contribution in [3.05, 3.63) is 15.6 Å². The monoisotopic (exact) mass is 337 g/mol. The molecule has 2 aliphatic rings. The SMILES string of the molecule is Cc1sc(C(C)N)nc1C(=O)NCC1CCOCC12CCCC2. The predicted molar refractivity (Wildman–Crippen MR) is 91.6 cm³/mol. The number of ether oxygens (including phenoxy) is 1. The fourth-order valence-corrected chi connectivity index (χ4v) is 4.87. The Labute approximate surface area is 142 Å². The lowest BCUT2D eigenvalue weighted by Gasteiger charge is -2.41. The van der Waals surface area contributed by atoms with Gasteiger partial charge in [0.1, 0.15) is 10.7 Å². The number of carbonyl (C=O) groups excluding carboxylic acids is 1. The zero-order chi connectivity index (χ0) is 16.4. The van der Waals surface area contributed by atoms with E-state index in [1.54, 1.807) is 0 Å². The van der Waals surface area contributed by atoms with Crippen LogP contribution in [0.2, 0.25) is 0 Å². The Morgan fingerprint density at radius 3 is 2.91 bits per heavy atom. The fourth-order valence-electron chi connectivity index (χ4n) is 4.00. The molecule has 6 heteroatoms. The summed E-state index contributed by atoms with van der Waals surface area (Å²) in [6.45, 7) is 6.23. The Bertz CT molecular complexity index is 564. The minimum absolute atomic E-state index is 0.0645. The van der Waals surface area contributed by atoms with Crippen molar-refractivity contribution >= 4 is 17.2 Å². The van der Waals surface area contributed by atoms with E-state index in [4.69, 9.17) is 10.5 Å². The van der Waals surface area contributed by atoms with E-state index < -0.39 is 0 Å². The van der Waals surface area contributed by atoms with Crippen molar-refractivity contribution in [3.8, 4) is 0 Å². The summed E-state index contributed by atoms with van der Waals surface area (Å²) < 4.78 is 5.74. The van der Waals surface area contributed by atoms with Gasteiger partial charge in [0.15, 0.2) is 0 Å². The molecule has 1 saturated carbocycles. The molecule has 1 amide bonds. The van der Waals surface area contributed by atoms with Gasteiger partial charge >= 0.3 is 0 Å². The normalized spacial score (nSPS) is 24.7. The molecule has 1 saturated heterocycles. The first-order chi connectivity index (χ1) is 11.0. The number of aromatic nitrogens is 1. The van der Waals surface area contributed by atoms with Gasteiger partial charge < -0.3 is 15.8 Å². The van der Waals surface area contributed by atoms with Crippen LogP contribution in [-0.4, -0.2) is 30.6 Å². The van der Waals surface area contributed by atoms with Gasteiger partial charge in [-0.3, -0.25) is 4.79 Å². The molecule has 1 aromatic rings. The Hall–Kier alpha value is -0.980. The van der Waals surface area contributed by atoms with E-state index in [9.17, 15) is 4.79 Å². The molecule has 0 aromatic carbocycles. The Balaban J connectivity index is 1.64. The van der Waals surface area contributed by atoms with Crippen LogP contribution < -0.4 is 11.1 Å². The molecule has 128 valence electrons. The van der Waals surface area contributed by atoms with Crippen molar-refractivity contribution in [3.63, 3.8) is 0 Å². The van der Waals surface area contributed by atoms with Crippen LogP contribution in [0.5, 0.6) is 0 Å².